The summed E-state index contributed by atoms with van der Waals surface area (Å²) in [5, 5.41) is 49.1. The quantitative estimate of drug-likeness (QED) is 0.0348. The Morgan fingerprint density at radius 1 is 0.580 bits per heavy atom. The number of hydrogen-bond acceptors (Lipinski definition) is 22. The third-order valence-electron chi connectivity index (χ3n) is 5.94. The van der Waals surface area contributed by atoms with Crippen molar-refractivity contribution in [2.75, 3.05) is 108 Å². The predicted molar refractivity (Wildman–Crippen MR) is 172 cm³/mol. The van der Waals surface area contributed by atoms with Gasteiger partial charge in [0.15, 0.2) is 0 Å². The molecule has 0 saturated carbocycles. The standard InChI is InChI=1S/C24H38N12O10S2.2Na/c37-10-6-35(7-11-38)23-31-19(25-4-14-47(41,42)43)29-21(33-23)27-17-2-1-3-18(16-17)28-22-30-20(26-5-15-48(44,45)46)32-24(34-22)36(8-12-39)9-13-40;;/h1-3,16,37-40H,4-15H2,(H,41,42,43)(H,44,45,46)(H2,25,27,29,31,33)(H2,26,28,30,32,34);;/q;2*+1/p-2. The van der Waals surface area contributed by atoms with Crippen LogP contribution < -0.4 is 90.2 Å². The van der Waals surface area contributed by atoms with Crippen molar-refractivity contribution >= 4 is 67.3 Å². The van der Waals surface area contributed by atoms with Gasteiger partial charge in [0, 0.05) is 50.6 Å². The maximum atomic E-state index is 11.0. The van der Waals surface area contributed by atoms with Gasteiger partial charge in [0.1, 0.15) is 0 Å². The number of aliphatic hydroxyl groups excluding tert-OH is 4. The zero-order chi connectivity index (χ0) is 35.2. The molecule has 2 aromatic heterocycles. The monoisotopic (exact) mass is 762 g/mol. The van der Waals surface area contributed by atoms with Gasteiger partial charge in [-0.15, -0.1) is 0 Å². The average Bonchev–Trinajstić information content (AvgIpc) is 2.99. The first-order valence-corrected chi connectivity index (χ1v) is 17.4. The molecule has 0 saturated heterocycles. The van der Waals surface area contributed by atoms with E-state index in [1.54, 1.807) is 24.3 Å². The maximum absolute atomic E-state index is 11.0. The molecule has 0 radical (unpaired) electrons. The van der Waals surface area contributed by atoms with E-state index in [2.05, 4.69) is 51.2 Å². The van der Waals surface area contributed by atoms with Crippen molar-refractivity contribution in [2.24, 2.45) is 0 Å². The summed E-state index contributed by atoms with van der Waals surface area (Å²) in [7, 11) is -9.03. The second kappa shape index (κ2) is 22.6. The van der Waals surface area contributed by atoms with E-state index in [0.717, 1.165) is 0 Å². The van der Waals surface area contributed by atoms with Crippen LogP contribution in [0.1, 0.15) is 0 Å². The molecule has 0 unspecified atom stereocenters. The normalized spacial score (nSPS) is 11.2. The summed E-state index contributed by atoms with van der Waals surface area (Å²) in [5.74, 6) is -1.59. The summed E-state index contributed by atoms with van der Waals surface area (Å²) in [6.45, 7) is -1.50. The Balaban J connectivity index is 0.00000625. The van der Waals surface area contributed by atoms with Crippen LogP contribution in [0, 0.1) is 0 Å². The molecule has 0 spiro atoms. The molecule has 1 aromatic carbocycles. The van der Waals surface area contributed by atoms with E-state index >= 15 is 0 Å². The third kappa shape index (κ3) is 16.8. The number of benzene rings is 1. The second-order valence-electron chi connectivity index (χ2n) is 9.64. The third-order valence-corrected chi connectivity index (χ3v) is 7.35. The van der Waals surface area contributed by atoms with Crippen molar-refractivity contribution in [1.29, 1.82) is 0 Å². The minimum absolute atomic E-state index is 0. The fraction of sp³-hybridized carbons (Fsp3) is 0.500. The number of aliphatic hydroxyl groups is 4. The predicted octanol–water partition coefficient (Wildman–Crippen LogP) is -8.95. The van der Waals surface area contributed by atoms with Gasteiger partial charge in [-0.1, -0.05) is 6.07 Å². The van der Waals surface area contributed by atoms with Crippen molar-refractivity contribution in [3.63, 3.8) is 0 Å². The minimum atomic E-state index is -4.52. The molecule has 26 heteroatoms. The molecule has 3 aromatic rings. The van der Waals surface area contributed by atoms with Gasteiger partial charge in [0.05, 0.1) is 58.2 Å². The summed E-state index contributed by atoms with van der Waals surface area (Å²) in [6.07, 6.45) is 0. The topological polar surface area (TPSA) is 327 Å². The Bertz CT molecular complexity index is 1570. The van der Waals surface area contributed by atoms with E-state index in [9.17, 15) is 46.4 Å². The molecule has 0 atom stereocenters. The Morgan fingerprint density at radius 2 is 0.920 bits per heavy atom. The molecule has 2 heterocycles. The SMILES string of the molecule is O=S(=O)([O-])CCNc1nc(Nc2cccc(Nc3nc(NCCS(=O)(=O)[O-])nc(N(CCO)CCO)n3)c2)nc(N(CCO)CCO)n1.[Na+].[Na+]. The summed E-state index contributed by atoms with van der Waals surface area (Å²) < 4.78 is 66.3. The number of aromatic nitrogens is 6. The van der Waals surface area contributed by atoms with Crippen LogP contribution in [0.3, 0.4) is 0 Å². The van der Waals surface area contributed by atoms with Gasteiger partial charge in [-0.3, -0.25) is 0 Å². The number of nitrogens with one attached hydrogen (secondary N) is 4. The molecule has 8 N–H and O–H groups in total. The average molecular weight is 763 g/mol. The fourth-order valence-electron chi connectivity index (χ4n) is 3.90. The molecular weight excluding hydrogens is 726 g/mol. The largest absolute Gasteiger partial charge is 1.00 e. The summed E-state index contributed by atoms with van der Waals surface area (Å²) in [4.78, 5) is 28.5. The maximum Gasteiger partial charge on any atom is 1.00 e. The number of hydrogen-bond donors (Lipinski definition) is 8. The van der Waals surface area contributed by atoms with Crippen molar-refractivity contribution in [1.82, 2.24) is 29.9 Å². The molecule has 0 fully saturated rings. The van der Waals surface area contributed by atoms with Crippen molar-refractivity contribution in [2.45, 2.75) is 0 Å². The molecule has 3 rings (SSSR count). The molecule has 266 valence electrons. The van der Waals surface area contributed by atoms with Gasteiger partial charge in [0.25, 0.3) is 0 Å². The van der Waals surface area contributed by atoms with Gasteiger partial charge in [-0.2, -0.15) is 29.9 Å². The molecule has 22 nitrogen and oxygen atoms in total. The van der Waals surface area contributed by atoms with Gasteiger partial charge in [0.2, 0.25) is 35.7 Å². The second-order valence-corrected chi connectivity index (χ2v) is 12.7. The number of rotatable bonds is 22. The summed E-state index contributed by atoms with van der Waals surface area (Å²) in [5.41, 5.74) is 0.855. The van der Waals surface area contributed by atoms with Crippen LogP contribution in [-0.4, -0.2) is 153 Å². The zero-order valence-corrected chi connectivity index (χ0v) is 33.1. The fourth-order valence-corrected chi connectivity index (χ4v) is 4.60. The first-order chi connectivity index (χ1) is 22.8. The van der Waals surface area contributed by atoms with Crippen molar-refractivity contribution in [3.05, 3.63) is 24.3 Å². The van der Waals surface area contributed by atoms with Crippen LogP contribution in [0.25, 0.3) is 0 Å². The van der Waals surface area contributed by atoms with Gasteiger partial charge < -0.3 is 60.6 Å². The van der Waals surface area contributed by atoms with Gasteiger partial charge in [-0.05, 0) is 18.2 Å². The van der Waals surface area contributed by atoms with E-state index in [1.807, 2.05) is 0 Å². The Morgan fingerprint density at radius 3 is 1.24 bits per heavy atom. The van der Waals surface area contributed by atoms with E-state index in [4.69, 9.17) is 0 Å². The van der Waals surface area contributed by atoms with Crippen molar-refractivity contribution < 1.29 is 105 Å². The number of anilines is 8. The van der Waals surface area contributed by atoms with E-state index in [1.165, 1.54) is 9.80 Å². The molecule has 0 bridgehead atoms. The van der Waals surface area contributed by atoms with Gasteiger partial charge >= 0.3 is 59.1 Å². The molecule has 0 aliphatic rings. The Hall–Kier alpha value is -2.30. The molecule has 0 aliphatic heterocycles. The first kappa shape index (κ1) is 45.7. The van der Waals surface area contributed by atoms with Gasteiger partial charge in [-0.25, -0.2) is 16.8 Å². The van der Waals surface area contributed by atoms with Crippen LogP contribution in [0.15, 0.2) is 24.3 Å². The Kier molecular flexibility index (Phi) is 20.7. The van der Waals surface area contributed by atoms with Crippen LogP contribution in [-0.2, 0) is 20.2 Å². The first-order valence-electron chi connectivity index (χ1n) is 14.3. The number of nitrogens with zero attached hydrogens (tertiary/aromatic N) is 8. The Labute approximate surface area is 332 Å². The smallest absolute Gasteiger partial charge is 0.748 e. The van der Waals surface area contributed by atoms with Crippen LogP contribution in [0.2, 0.25) is 0 Å². The zero-order valence-electron chi connectivity index (χ0n) is 27.4. The van der Waals surface area contributed by atoms with Crippen molar-refractivity contribution in [3.8, 4) is 0 Å². The summed E-state index contributed by atoms with van der Waals surface area (Å²) >= 11 is 0. The van der Waals surface area contributed by atoms with Crippen LogP contribution in [0.5, 0.6) is 0 Å². The van der Waals surface area contributed by atoms with E-state index < -0.39 is 31.7 Å². The molecular formula is C24H36N12Na2O10S2. The molecule has 50 heavy (non-hydrogen) atoms. The van der Waals surface area contributed by atoms with Crippen LogP contribution in [0.4, 0.5) is 47.1 Å². The van der Waals surface area contributed by atoms with Crippen LogP contribution >= 0.6 is 0 Å². The van der Waals surface area contributed by atoms with E-state index in [0.29, 0.717) is 11.4 Å². The van der Waals surface area contributed by atoms with E-state index in [-0.39, 0.29) is 161 Å². The molecule has 0 aliphatic carbocycles. The summed E-state index contributed by atoms with van der Waals surface area (Å²) in [6, 6.07) is 6.58. The molecule has 0 amide bonds. The minimum Gasteiger partial charge on any atom is -0.748 e.